The molecule has 0 unspecified atom stereocenters. The van der Waals surface area contributed by atoms with E-state index in [1.165, 1.54) is 6.08 Å². The highest BCUT2D eigenvalue weighted by molar-refractivity contribution is 6.00. The van der Waals surface area contributed by atoms with Gasteiger partial charge in [0.05, 0.1) is 23.5 Å². The van der Waals surface area contributed by atoms with E-state index in [0.717, 1.165) is 53.0 Å². The molecule has 0 bridgehead atoms. The fraction of sp³-hybridized carbons (Fsp3) is 0.192. The van der Waals surface area contributed by atoms with E-state index >= 15 is 0 Å². The van der Waals surface area contributed by atoms with Gasteiger partial charge in [0.15, 0.2) is 0 Å². The number of amides is 1. The minimum Gasteiger partial charge on any atom is -0.457 e. The number of ether oxygens (including phenoxy) is 1. The number of nitrogen functional groups attached to an aromatic ring is 1. The van der Waals surface area contributed by atoms with Crippen LogP contribution in [0.25, 0.3) is 22.2 Å². The Balaban J connectivity index is 1.47. The molecule has 4 aromatic rings. The quantitative estimate of drug-likeness (QED) is 0.442. The summed E-state index contributed by atoms with van der Waals surface area (Å²) in [6, 6.07) is 19.4. The first-order valence-electron chi connectivity index (χ1n) is 11.0. The Hall–Kier alpha value is -4.13. The summed E-state index contributed by atoms with van der Waals surface area (Å²) in [4.78, 5) is 18.4. The van der Waals surface area contributed by atoms with Crippen LogP contribution in [0.1, 0.15) is 12.8 Å². The van der Waals surface area contributed by atoms with Crippen LogP contribution >= 0.6 is 0 Å². The maximum Gasteiger partial charge on any atom is 0.246 e. The summed E-state index contributed by atoms with van der Waals surface area (Å²) in [5, 5.41) is 5.72. The highest BCUT2D eigenvalue weighted by atomic mass is 16.5. The SMILES string of the molecule is C=CC(=O)N1CCC[C@@H]1Cn1nc(-c2ccc(Oc3ccccc3)cc2)c2c(N)nccc21. The Morgan fingerprint density at radius 3 is 2.64 bits per heavy atom. The molecule has 0 aliphatic carbocycles. The third-order valence-electron chi connectivity index (χ3n) is 6.02. The molecule has 2 aromatic heterocycles. The third-order valence-corrected chi connectivity index (χ3v) is 6.02. The van der Waals surface area contributed by atoms with E-state index in [4.69, 9.17) is 15.6 Å². The van der Waals surface area contributed by atoms with Crippen LogP contribution in [0.15, 0.2) is 79.5 Å². The van der Waals surface area contributed by atoms with Crippen LogP contribution < -0.4 is 10.5 Å². The van der Waals surface area contributed by atoms with Gasteiger partial charge in [-0.1, -0.05) is 24.8 Å². The zero-order chi connectivity index (χ0) is 22.8. The Bertz CT molecular complexity index is 1300. The van der Waals surface area contributed by atoms with Crippen molar-refractivity contribution in [3.8, 4) is 22.8 Å². The number of hydrogen-bond acceptors (Lipinski definition) is 5. The van der Waals surface area contributed by atoms with Gasteiger partial charge in [-0.15, -0.1) is 0 Å². The number of hydrogen-bond donors (Lipinski definition) is 1. The van der Waals surface area contributed by atoms with Crippen molar-refractivity contribution in [2.24, 2.45) is 0 Å². The first kappa shape index (κ1) is 20.8. The van der Waals surface area contributed by atoms with Gasteiger partial charge in [-0.2, -0.15) is 5.10 Å². The number of likely N-dealkylation sites (tertiary alicyclic amines) is 1. The van der Waals surface area contributed by atoms with Crippen LogP contribution in [0.4, 0.5) is 5.82 Å². The number of para-hydroxylation sites is 1. The molecular formula is C26H25N5O2. The minimum absolute atomic E-state index is 0.0376. The summed E-state index contributed by atoms with van der Waals surface area (Å²) < 4.78 is 7.85. The number of benzene rings is 2. The zero-order valence-corrected chi connectivity index (χ0v) is 18.2. The summed E-state index contributed by atoms with van der Waals surface area (Å²) in [6.07, 6.45) is 4.98. The topological polar surface area (TPSA) is 86.3 Å². The number of aromatic nitrogens is 3. The lowest BCUT2D eigenvalue weighted by Crippen LogP contribution is -2.37. The zero-order valence-electron chi connectivity index (χ0n) is 18.2. The molecule has 1 fully saturated rings. The van der Waals surface area contributed by atoms with E-state index in [1.807, 2.05) is 70.2 Å². The van der Waals surface area contributed by atoms with Crippen molar-refractivity contribution in [1.29, 1.82) is 0 Å². The molecule has 3 heterocycles. The number of rotatable bonds is 6. The summed E-state index contributed by atoms with van der Waals surface area (Å²) in [6.45, 7) is 4.97. The second-order valence-electron chi connectivity index (χ2n) is 8.09. The van der Waals surface area contributed by atoms with Gasteiger partial charge in [0.1, 0.15) is 23.0 Å². The number of fused-ring (bicyclic) bond motifs is 1. The lowest BCUT2D eigenvalue weighted by Gasteiger charge is -2.23. The van der Waals surface area contributed by atoms with E-state index in [1.54, 1.807) is 6.20 Å². The number of nitrogens with zero attached hydrogens (tertiary/aromatic N) is 4. The van der Waals surface area contributed by atoms with Gasteiger partial charge in [-0.05, 0) is 61.4 Å². The predicted octanol–water partition coefficient (Wildman–Crippen LogP) is 4.65. The number of pyridine rings is 1. The van der Waals surface area contributed by atoms with E-state index in [-0.39, 0.29) is 11.9 Å². The lowest BCUT2D eigenvalue weighted by atomic mass is 10.1. The Labute approximate surface area is 192 Å². The van der Waals surface area contributed by atoms with Crippen molar-refractivity contribution in [3.63, 3.8) is 0 Å². The maximum atomic E-state index is 12.3. The Morgan fingerprint density at radius 2 is 1.88 bits per heavy atom. The van der Waals surface area contributed by atoms with Gasteiger partial charge in [-0.3, -0.25) is 9.48 Å². The molecule has 1 amide bonds. The predicted molar refractivity (Wildman–Crippen MR) is 129 cm³/mol. The number of carbonyl (C=O) groups is 1. The van der Waals surface area contributed by atoms with Gasteiger partial charge in [0.25, 0.3) is 0 Å². The lowest BCUT2D eigenvalue weighted by molar-refractivity contribution is -0.127. The molecule has 5 rings (SSSR count). The standard InChI is InChI=1S/C26H25N5O2/c1-2-23(32)30-16-6-7-19(30)17-31-22-14-15-28-26(27)24(22)25(29-31)18-10-12-21(13-11-18)33-20-8-4-3-5-9-20/h2-5,8-15,19H,1,6-7,16-17H2,(H2,27,28)/t19-/m1/s1. The van der Waals surface area contributed by atoms with Crippen molar-refractivity contribution in [2.45, 2.75) is 25.4 Å². The molecule has 1 saturated heterocycles. The van der Waals surface area contributed by atoms with Gasteiger partial charge >= 0.3 is 0 Å². The van der Waals surface area contributed by atoms with Gasteiger partial charge < -0.3 is 15.4 Å². The van der Waals surface area contributed by atoms with E-state index in [0.29, 0.717) is 12.4 Å². The molecule has 33 heavy (non-hydrogen) atoms. The molecule has 2 aromatic carbocycles. The molecule has 7 nitrogen and oxygen atoms in total. The van der Waals surface area contributed by atoms with Crippen LogP contribution in [-0.2, 0) is 11.3 Å². The first-order valence-corrected chi connectivity index (χ1v) is 11.0. The third kappa shape index (κ3) is 4.05. The molecule has 0 spiro atoms. The summed E-state index contributed by atoms with van der Waals surface area (Å²) in [5.74, 6) is 1.92. The minimum atomic E-state index is -0.0376. The van der Waals surface area contributed by atoms with E-state index in [2.05, 4.69) is 11.6 Å². The van der Waals surface area contributed by atoms with Crippen LogP contribution in [0.3, 0.4) is 0 Å². The van der Waals surface area contributed by atoms with Crippen LogP contribution in [-0.4, -0.2) is 38.2 Å². The molecule has 0 saturated carbocycles. The van der Waals surface area contributed by atoms with Crippen molar-refractivity contribution in [1.82, 2.24) is 19.7 Å². The highest BCUT2D eigenvalue weighted by Crippen LogP contribution is 2.33. The summed E-state index contributed by atoms with van der Waals surface area (Å²) in [7, 11) is 0. The Kier molecular flexibility index (Phi) is 5.52. The normalized spacial score (nSPS) is 15.6. The average molecular weight is 440 g/mol. The molecule has 1 aliphatic heterocycles. The van der Waals surface area contributed by atoms with Gasteiger partial charge in [0, 0.05) is 18.3 Å². The molecule has 166 valence electrons. The first-order chi connectivity index (χ1) is 16.1. The van der Waals surface area contributed by atoms with Crippen molar-refractivity contribution >= 4 is 22.6 Å². The van der Waals surface area contributed by atoms with Crippen LogP contribution in [0.2, 0.25) is 0 Å². The second kappa shape index (κ2) is 8.78. The fourth-order valence-corrected chi connectivity index (χ4v) is 4.43. The smallest absolute Gasteiger partial charge is 0.246 e. The molecule has 7 heteroatoms. The number of anilines is 1. The van der Waals surface area contributed by atoms with Crippen LogP contribution in [0.5, 0.6) is 11.5 Å². The average Bonchev–Trinajstić information content (AvgIpc) is 3.46. The van der Waals surface area contributed by atoms with Crippen molar-refractivity contribution in [2.75, 3.05) is 12.3 Å². The Morgan fingerprint density at radius 1 is 1.12 bits per heavy atom. The van der Waals surface area contributed by atoms with Crippen molar-refractivity contribution in [3.05, 3.63) is 79.5 Å². The fourth-order valence-electron chi connectivity index (χ4n) is 4.43. The van der Waals surface area contributed by atoms with Gasteiger partial charge in [0.2, 0.25) is 5.91 Å². The maximum absolute atomic E-state index is 12.3. The van der Waals surface area contributed by atoms with Crippen LogP contribution in [0, 0.1) is 0 Å². The van der Waals surface area contributed by atoms with Gasteiger partial charge in [-0.25, -0.2) is 4.98 Å². The molecule has 1 atom stereocenters. The van der Waals surface area contributed by atoms with E-state index < -0.39 is 0 Å². The number of carbonyl (C=O) groups excluding carboxylic acids is 1. The second-order valence-corrected chi connectivity index (χ2v) is 8.09. The summed E-state index contributed by atoms with van der Waals surface area (Å²) >= 11 is 0. The highest BCUT2D eigenvalue weighted by Gasteiger charge is 2.29. The largest absolute Gasteiger partial charge is 0.457 e. The molecular weight excluding hydrogens is 414 g/mol. The van der Waals surface area contributed by atoms with Crippen molar-refractivity contribution < 1.29 is 9.53 Å². The monoisotopic (exact) mass is 439 g/mol. The van der Waals surface area contributed by atoms with E-state index in [9.17, 15) is 4.79 Å². The summed E-state index contributed by atoms with van der Waals surface area (Å²) in [5.41, 5.74) is 8.87. The molecule has 2 N–H and O–H groups in total. The molecule has 0 radical (unpaired) electrons. The molecule has 1 aliphatic rings. The number of nitrogens with two attached hydrogens (primary N) is 1.